The first-order chi connectivity index (χ1) is 30.8. The van der Waals surface area contributed by atoms with Crippen molar-refractivity contribution in [1.82, 2.24) is 0 Å². The summed E-state index contributed by atoms with van der Waals surface area (Å²) in [5.41, 5.74) is 6.07. The number of hydrogen-bond donors (Lipinski definition) is 10. The lowest BCUT2D eigenvalue weighted by Crippen LogP contribution is -2.61. The minimum Gasteiger partial charge on any atom is -0.469 e. The van der Waals surface area contributed by atoms with E-state index in [1.54, 1.807) is 51.2 Å². The standard InChI is InChI=1S/C48H75NO16/c1-28-18-16-14-12-10-8-6-7-9-11-13-15-17-19-35(65-48-46(59)43(49)45(58)31(4)63-48)27-40-42(47(60)61-5)39(55)26-36(64-40)23-34(52)24-38(54)37(53)21-20-32(50)22-33(51)25-41(56)62-30(3)29(2)44(28)57/h6-19,28-40,42-46,48,50-55,57-59H,20-27,49H2,1-5H3/b7-6+,10-8+,11-9+,14-12+,15-13+,18-16+,19-17+/t28-,29-,30-,31+,32+,33+,34+,35-,36+,37+,38+,39-,40-,42+,43-,44+,45+,46-,48-/m0/s1. The Morgan fingerprint density at radius 3 is 1.80 bits per heavy atom. The lowest BCUT2D eigenvalue weighted by atomic mass is 9.84. The highest BCUT2D eigenvalue weighted by atomic mass is 16.7. The van der Waals surface area contributed by atoms with Crippen LogP contribution in [0.25, 0.3) is 0 Å². The van der Waals surface area contributed by atoms with Crippen molar-refractivity contribution < 1.29 is 79.2 Å². The summed E-state index contributed by atoms with van der Waals surface area (Å²) in [6.07, 6.45) is 7.09. The first-order valence-electron chi connectivity index (χ1n) is 22.6. The van der Waals surface area contributed by atoms with Gasteiger partial charge in [-0.2, -0.15) is 0 Å². The average molecular weight is 922 g/mol. The van der Waals surface area contributed by atoms with Crippen LogP contribution in [-0.4, -0.2) is 163 Å². The van der Waals surface area contributed by atoms with E-state index in [-0.39, 0.29) is 50.9 Å². The molecule has 65 heavy (non-hydrogen) atoms. The third kappa shape index (κ3) is 19.0. The SMILES string of the molecule is COC(=O)[C@H]1[C@@H]2C[C@@H](O[C@@H]3O[C@H](C)[C@@H](O)[C@H](N)[C@@H]3O)/C=C/C=C/C=C/C=C/C=C/C=C/C=C/[C@H](C)[C@@H](O)[C@@H](C)[C@H](C)OC(=O)C[C@H](O)C[C@H](O)CC[C@@H](O)[C@H](O)C[C@H](O)C[C@H](C[C@@H]1O)O2. The van der Waals surface area contributed by atoms with Gasteiger partial charge in [-0.05, 0) is 39.5 Å². The summed E-state index contributed by atoms with van der Waals surface area (Å²) in [5.74, 6) is -3.31. The summed E-state index contributed by atoms with van der Waals surface area (Å²) in [4.78, 5) is 25.7. The maximum atomic E-state index is 13.0. The van der Waals surface area contributed by atoms with Crippen LogP contribution in [0.1, 0.15) is 79.1 Å². The number of allylic oxidation sites excluding steroid dienone is 12. The van der Waals surface area contributed by atoms with Crippen LogP contribution in [0.4, 0.5) is 0 Å². The summed E-state index contributed by atoms with van der Waals surface area (Å²) >= 11 is 0. The van der Waals surface area contributed by atoms with E-state index in [1.165, 1.54) is 7.11 Å². The fourth-order valence-corrected chi connectivity index (χ4v) is 8.01. The van der Waals surface area contributed by atoms with E-state index in [4.69, 9.17) is 29.4 Å². The summed E-state index contributed by atoms with van der Waals surface area (Å²) in [5, 5.41) is 96.9. The van der Waals surface area contributed by atoms with Crippen LogP contribution in [0.5, 0.6) is 0 Å². The maximum absolute atomic E-state index is 13.0. The van der Waals surface area contributed by atoms with Crippen molar-refractivity contribution in [3.63, 3.8) is 0 Å². The minimum absolute atomic E-state index is 0.0406. The van der Waals surface area contributed by atoms with Gasteiger partial charge in [0.1, 0.15) is 18.1 Å². The van der Waals surface area contributed by atoms with Crippen molar-refractivity contribution in [2.45, 2.75) is 177 Å². The Morgan fingerprint density at radius 2 is 1.20 bits per heavy atom. The molecule has 2 fully saturated rings. The molecule has 0 radical (unpaired) electrons. The molecule has 3 rings (SSSR count). The number of hydrogen-bond acceptors (Lipinski definition) is 17. The van der Waals surface area contributed by atoms with Crippen molar-refractivity contribution in [3.8, 4) is 0 Å². The largest absolute Gasteiger partial charge is 0.469 e. The normalized spacial score (nSPS) is 44.3. The second-order valence-electron chi connectivity index (χ2n) is 17.5. The van der Waals surface area contributed by atoms with E-state index in [2.05, 4.69) is 0 Å². The number of aliphatic hydroxyl groups excluding tert-OH is 9. The maximum Gasteiger partial charge on any atom is 0.313 e. The van der Waals surface area contributed by atoms with Crippen molar-refractivity contribution >= 4 is 11.9 Å². The Kier molecular flexibility index (Phi) is 24.7. The highest BCUT2D eigenvalue weighted by Crippen LogP contribution is 2.34. The van der Waals surface area contributed by atoms with Crippen LogP contribution >= 0.6 is 0 Å². The molecule has 3 heterocycles. The number of cyclic esters (lactones) is 1. The third-order valence-corrected chi connectivity index (χ3v) is 12.2. The lowest BCUT2D eigenvalue weighted by Gasteiger charge is -2.42. The van der Waals surface area contributed by atoms with Gasteiger partial charge in [0.2, 0.25) is 0 Å². The second-order valence-corrected chi connectivity index (χ2v) is 17.5. The first-order valence-corrected chi connectivity index (χ1v) is 22.6. The molecular formula is C48H75NO16. The number of nitrogens with two attached hydrogens (primary N) is 1. The van der Waals surface area contributed by atoms with Gasteiger partial charge in [0, 0.05) is 31.1 Å². The van der Waals surface area contributed by atoms with Gasteiger partial charge in [-0.15, -0.1) is 0 Å². The minimum atomic E-state index is -1.43. The van der Waals surface area contributed by atoms with Gasteiger partial charge in [-0.3, -0.25) is 9.59 Å². The Bertz CT molecular complexity index is 1630. The van der Waals surface area contributed by atoms with Gasteiger partial charge in [-0.1, -0.05) is 98.9 Å². The van der Waals surface area contributed by atoms with Gasteiger partial charge in [0.15, 0.2) is 6.29 Å². The number of esters is 2. The molecule has 0 aromatic heterocycles. The number of carbonyl (C=O) groups is 2. The third-order valence-electron chi connectivity index (χ3n) is 12.2. The fourth-order valence-electron chi connectivity index (χ4n) is 8.01. The molecule has 2 bridgehead atoms. The number of rotatable bonds is 3. The van der Waals surface area contributed by atoms with Crippen molar-refractivity contribution in [2.75, 3.05) is 7.11 Å². The predicted molar refractivity (Wildman–Crippen MR) is 240 cm³/mol. The van der Waals surface area contributed by atoms with Crippen molar-refractivity contribution in [2.24, 2.45) is 23.5 Å². The van der Waals surface area contributed by atoms with Crippen LogP contribution in [0.15, 0.2) is 85.1 Å². The summed E-state index contributed by atoms with van der Waals surface area (Å²) in [7, 11) is 1.18. The van der Waals surface area contributed by atoms with Crippen molar-refractivity contribution in [3.05, 3.63) is 85.1 Å². The predicted octanol–water partition coefficient (Wildman–Crippen LogP) is 1.48. The molecule has 3 aliphatic rings. The molecule has 0 unspecified atom stereocenters. The molecule has 0 spiro atoms. The highest BCUT2D eigenvalue weighted by Gasteiger charge is 2.46. The first kappa shape index (κ1) is 55.9. The van der Waals surface area contributed by atoms with Crippen molar-refractivity contribution in [1.29, 1.82) is 0 Å². The molecule has 19 atom stereocenters. The van der Waals surface area contributed by atoms with E-state index < -0.39 is 128 Å². The molecule has 3 aliphatic heterocycles. The monoisotopic (exact) mass is 922 g/mol. The molecular weight excluding hydrogens is 847 g/mol. The van der Waals surface area contributed by atoms with Crippen LogP contribution in [0, 0.1) is 17.8 Å². The molecule has 0 aliphatic carbocycles. The summed E-state index contributed by atoms with van der Waals surface area (Å²) in [6.45, 7) is 6.85. The molecule has 17 nitrogen and oxygen atoms in total. The molecule has 2 saturated heterocycles. The van der Waals surface area contributed by atoms with Crippen LogP contribution in [-0.2, 0) is 33.3 Å². The molecule has 0 aromatic carbocycles. The molecule has 368 valence electrons. The molecule has 0 saturated carbocycles. The van der Waals surface area contributed by atoms with Crippen LogP contribution in [0.3, 0.4) is 0 Å². The fraction of sp³-hybridized carbons (Fsp3) is 0.667. The number of carbonyl (C=O) groups excluding carboxylic acids is 2. The van der Waals surface area contributed by atoms with E-state index in [9.17, 15) is 55.5 Å². The smallest absolute Gasteiger partial charge is 0.313 e. The van der Waals surface area contributed by atoms with E-state index in [0.717, 1.165) is 0 Å². The molecule has 0 aromatic rings. The second kappa shape index (κ2) is 28.7. The molecule has 17 heteroatoms. The summed E-state index contributed by atoms with van der Waals surface area (Å²) in [6, 6.07) is -1.08. The topological polar surface area (TPSA) is 288 Å². The quantitative estimate of drug-likeness (QED) is 0.179. The van der Waals surface area contributed by atoms with E-state index in [1.807, 2.05) is 61.6 Å². The zero-order valence-electron chi connectivity index (χ0n) is 38.2. The molecule has 0 amide bonds. The Morgan fingerprint density at radius 1 is 0.615 bits per heavy atom. The van der Waals surface area contributed by atoms with E-state index in [0.29, 0.717) is 0 Å². The van der Waals surface area contributed by atoms with Gasteiger partial charge < -0.3 is 75.4 Å². The number of aliphatic hydroxyl groups is 9. The Balaban J connectivity index is 1.85. The van der Waals surface area contributed by atoms with Gasteiger partial charge >= 0.3 is 11.9 Å². The van der Waals surface area contributed by atoms with Crippen LogP contribution < -0.4 is 5.73 Å². The van der Waals surface area contributed by atoms with E-state index >= 15 is 0 Å². The Labute approximate surface area is 382 Å². The highest BCUT2D eigenvalue weighted by molar-refractivity contribution is 5.74. The number of fused-ring (bicyclic) bond motifs is 2. The van der Waals surface area contributed by atoms with Gasteiger partial charge in [0.25, 0.3) is 0 Å². The number of ether oxygens (including phenoxy) is 5. The number of methoxy groups -OCH3 is 1. The molecule has 11 N–H and O–H groups in total. The Hall–Kier alpha value is -3.40. The average Bonchev–Trinajstić information content (AvgIpc) is 3.24. The zero-order chi connectivity index (χ0) is 48.2. The van der Waals surface area contributed by atoms with Gasteiger partial charge in [-0.25, -0.2) is 0 Å². The lowest BCUT2D eigenvalue weighted by molar-refractivity contribution is -0.279. The summed E-state index contributed by atoms with van der Waals surface area (Å²) < 4.78 is 28.8. The van der Waals surface area contributed by atoms with Crippen LogP contribution in [0.2, 0.25) is 0 Å². The zero-order valence-corrected chi connectivity index (χ0v) is 38.2. The van der Waals surface area contributed by atoms with Gasteiger partial charge in [0.05, 0.1) is 92.8 Å².